The maximum atomic E-state index is 5.88. The highest BCUT2D eigenvalue weighted by Crippen LogP contribution is 2.19. The number of hydrogen-bond donors (Lipinski definition) is 2. The van der Waals surface area contributed by atoms with Crippen molar-refractivity contribution in [1.29, 1.82) is 0 Å². The van der Waals surface area contributed by atoms with Gasteiger partial charge in [0.15, 0.2) is 5.96 Å². The predicted molar refractivity (Wildman–Crippen MR) is 100 cm³/mol. The number of ether oxygens (including phenoxy) is 2. The molecule has 0 saturated carbocycles. The van der Waals surface area contributed by atoms with E-state index in [1.165, 1.54) is 12.2 Å². The smallest absolute Gasteiger partial charge is 0.191 e. The first-order chi connectivity index (χ1) is 11.2. The van der Waals surface area contributed by atoms with Crippen LogP contribution < -0.4 is 20.1 Å². The molecule has 1 aromatic carbocycles. The van der Waals surface area contributed by atoms with Gasteiger partial charge in [0.2, 0.25) is 0 Å². The van der Waals surface area contributed by atoms with Crippen molar-refractivity contribution in [3.8, 4) is 11.5 Å². The molecule has 0 saturated heterocycles. The average molecular weight is 340 g/mol. The lowest BCUT2D eigenvalue weighted by atomic mass is 10.3. The number of unbranched alkanes of at least 4 members (excludes halogenated alkanes) is 1. The molecule has 0 spiro atoms. The van der Waals surface area contributed by atoms with Gasteiger partial charge in [-0.1, -0.05) is 6.07 Å². The highest BCUT2D eigenvalue weighted by molar-refractivity contribution is 7.98. The lowest BCUT2D eigenvalue weighted by Crippen LogP contribution is -2.42. The van der Waals surface area contributed by atoms with E-state index in [4.69, 9.17) is 9.47 Å². The van der Waals surface area contributed by atoms with Gasteiger partial charge in [0.05, 0.1) is 13.7 Å². The number of methoxy groups -OCH3 is 1. The van der Waals surface area contributed by atoms with Gasteiger partial charge in [0, 0.05) is 19.7 Å². The van der Waals surface area contributed by atoms with Crippen LogP contribution >= 0.6 is 11.8 Å². The molecule has 1 atom stereocenters. The summed E-state index contributed by atoms with van der Waals surface area (Å²) in [6, 6.07) is 7.63. The highest BCUT2D eigenvalue weighted by atomic mass is 32.2. The molecule has 130 valence electrons. The Kier molecular flexibility index (Phi) is 10.1. The van der Waals surface area contributed by atoms with Crippen molar-refractivity contribution >= 4 is 17.7 Å². The lowest BCUT2D eigenvalue weighted by molar-refractivity contribution is 0.223. The number of nitrogens with one attached hydrogen (secondary N) is 2. The van der Waals surface area contributed by atoms with E-state index < -0.39 is 0 Å². The predicted octanol–water partition coefficient (Wildman–Crippen LogP) is 2.77. The zero-order valence-corrected chi connectivity index (χ0v) is 15.4. The summed E-state index contributed by atoms with van der Waals surface area (Å²) in [5.74, 6) is 3.62. The molecule has 2 N–H and O–H groups in total. The normalized spacial score (nSPS) is 12.6. The van der Waals surface area contributed by atoms with Gasteiger partial charge in [-0.3, -0.25) is 4.99 Å². The van der Waals surface area contributed by atoms with Crippen LogP contribution in [0.1, 0.15) is 19.8 Å². The van der Waals surface area contributed by atoms with E-state index in [2.05, 4.69) is 21.9 Å². The molecule has 1 rings (SSSR count). The summed E-state index contributed by atoms with van der Waals surface area (Å²) in [6.07, 6.45) is 4.53. The van der Waals surface area contributed by atoms with E-state index in [1.54, 1.807) is 14.2 Å². The van der Waals surface area contributed by atoms with Crippen LogP contribution in [0, 0.1) is 0 Å². The van der Waals surface area contributed by atoms with Crippen LogP contribution in [0.15, 0.2) is 29.3 Å². The molecule has 0 aliphatic rings. The van der Waals surface area contributed by atoms with Crippen molar-refractivity contribution < 1.29 is 9.47 Å². The van der Waals surface area contributed by atoms with E-state index >= 15 is 0 Å². The molecular formula is C17H29N3O2S. The van der Waals surface area contributed by atoms with E-state index in [0.29, 0.717) is 6.54 Å². The third-order valence-electron chi connectivity index (χ3n) is 3.23. The number of thioether (sulfide) groups is 1. The van der Waals surface area contributed by atoms with Crippen LogP contribution in [-0.4, -0.2) is 51.3 Å². The fourth-order valence-electron chi connectivity index (χ4n) is 1.99. The van der Waals surface area contributed by atoms with Crippen molar-refractivity contribution in [2.75, 3.05) is 39.3 Å². The Morgan fingerprint density at radius 1 is 1.26 bits per heavy atom. The molecule has 0 aromatic heterocycles. The minimum absolute atomic E-state index is 0.0251. The van der Waals surface area contributed by atoms with Crippen molar-refractivity contribution in [3.63, 3.8) is 0 Å². The van der Waals surface area contributed by atoms with Crippen LogP contribution in [0.5, 0.6) is 11.5 Å². The Bertz CT molecular complexity index is 469. The van der Waals surface area contributed by atoms with Crippen molar-refractivity contribution in [3.05, 3.63) is 24.3 Å². The zero-order chi connectivity index (χ0) is 16.9. The van der Waals surface area contributed by atoms with Gasteiger partial charge < -0.3 is 20.1 Å². The van der Waals surface area contributed by atoms with Gasteiger partial charge in [-0.2, -0.15) is 11.8 Å². The second-order valence-corrected chi connectivity index (χ2v) is 6.17. The number of rotatable bonds is 10. The lowest BCUT2D eigenvalue weighted by Gasteiger charge is -2.18. The van der Waals surface area contributed by atoms with Gasteiger partial charge in [-0.25, -0.2) is 0 Å². The molecule has 0 fully saturated rings. The largest absolute Gasteiger partial charge is 0.497 e. The summed E-state index contributed by atoms with van der Waals surface area (Å²) in [5, 5.41) is 6.61. The summed E-state index contributed by atoms with van der Waals surface area (Å²) in [5.41, 5.74) is 0. The molecule has 0 radical (unpaired) electrons. The van der Waals surface area contributed by atoms with E-state index in [0.717, 1.165) is 30.4 Å². The fourth-order valence-corrected chi connectivity index (χ4v) is 2.48. The Morgan fingerprint density at radius 2 is 2.04 bits per heavy atom. The molecule has 0 aliphatic carbocycles. The molecule has 0 heterocycles. The van der Waals surface area contributed by atoms with Gasteiger partial charge in [-0.15, -0.1) is 0 Å². The summed E-state index contributed by atoms with van der Waals surface area (Å²) in [6.45, 7) is 3.64. The summed E-state index contributed by atoms with van der Waals surface area (Å²) in [7, 11) is 3.43. The summed E-state index contributed by atoms with van der Waals surface area (Å²) in [4.78, 5) is 4.23. The molecule has 0 aliphatic heterocycles. The van der Waals surface area contributed by atoms with Crippen LogP contribution in [0.3, 0.4) is 0 Å². The minimum atomic E-state index is 0.0251. The van der Waals surface area contributed by atoms with Crippen molar-refractivity contribution in [2.24, 2.45) is 4.99 Å². The minimum Gasteiger partial charge on any atom is -0.497 e. The van der Waals surface area contributed by atoms with Gasteiger partial charge in [-0.05, 0) is 43.9 Å². The standard InChI is InChI=1S/C17H29N3O2S/c1-14(22-16-9-7-8-15(12-16)21-3)13-20-17(18-2)19-10-5-6-11-23-4/h7-9,12,14H,5-6,10-11,13H2,1-4H3,(H2,18,19,20). The van der Waals surface area contributed by atoms with Crippen LogP contribution in [0.4, 0.5) is 0 Å². The third-order valence-corrected chi connectivity index (χ3v) is 3.92. The first-order valence-corrected chi connectivity index (χ1v) is 9.33. The van der Waals surface area contributed by atoms with Crippen LogP contribution in [-0.2, 0) is 0 Å². The highest BCUT2D eigenvalue weighted by Gasteiger charge is 2.06. The number of hydrogen-bond acceptors (Lipinski definition) is 4. The van der Waals surface area contributed by atoms with E-state index in [-0.39, 0.29) is 6.10 Å². The molecule has 0 amide bonds. The number of benzene rings is 1. The molecule has 5 nitrogen and oxygen atoms in total. The summed E-state index contributed by atoms with van der Waals surface area (Å²) >= 11 is 1.88. The molecule has 1 aromatic rings. The maximum Gasteiger partial charge on any atom is 0.191 e. The van der Waals surface area contributed by atoms with E-state index in [1.807, 2.05) is 43.0 Å². The van der Waals surface area contributed by atoms with Crippen LogP contribution in [0.2, 0.25) is 0 Å². The Morgan fingerprint density at radius 3 is 2.74 bits per heavy atom. The monoisotopic (exact) mass is 339 g/mol. The Labute approximate surface area is 144 Å². The second kappa shape index (κ2) is 11.9. The average Bonchev–Trinajstić information content (AvgIpc) is 2.57. The molecule has 0 bridgehead atoms. The molecular weight excluding hydrogens is 310 g/mol. The van der Waals surface area contributed by atoms with Crippen molar-refractivity contribution in [2.45, 2.75) is 25.9 Å². The quantitative estimate of drug-likeness (QED) is 0.390. The molecule has 1 unspecified atom stereocenters. The number of nitrogens with zero attached hydrogens (tertiary/aromatic N) is 1. The first kappa shape index (κ1) is 19.5. The van der Waals surface area contributed by atoms with Gasteiger partial charge in [0.1, 0.15) is 17.6 Å². The van der Waals surface area contributed by atoms with Crippen LogP contribution in [0.25, 0.3) is 0 Å². The maximum absolute atomic E-state index is 5.88. The van der Waals surface area contributed by atoms with Gasteiger partial charge in [0.25, 0.3) is 0 Å². The Hall–Kier alpha value is -1.56. The zero-order valence-electron chi connectivity index (χ0n) is 14.6. The second-order valence-electron chi connectivity index (χ2n) is 5.19. The van der Waals surface area contributed by atoms with Crippen molar-refractivity contribution in [1.82, 2.24) is 10.6 Å². The topological polar surface area (TPSA) is 54.9 Å². The van der Waals surface area contributed by atoms with E-state index in [9.17, 15) is 0 Å². The molecule has 6 heteroatoms. The fraction of sp³-hybridized carbons (Fsp3) is 0.588. The number of guanidine groups is 1. The Balaban J connectivity index is 2.28. The van der Waals surface area contributed by atoms with Gasteiger partial charge >= 0.3 is 0 Å². The SMILES string of the molecule is CN=C(NCCCCSC)NCC(C)Oc1cccc(OC)c1. The molecule has 23 heavy (non-hydrogen) atoms. The first-order valence-electron chi connectivity index (χ1n) is 7.93. The number of aliphatic imine (C=N–C) groups is 1. The summed E-state index contributed by atoms with van der Waals surface area (Å²) < 4.78 is 11.1. The third kappa shape index (κ3) is 8.59.